The molecule has 0 N–H and O–H groups in total. The van der Waals surface area contributed by atoms with Crippen LogP contribution in [0.25, 0.3) is 66.4 Å². The molecule has 0 fully saturated rings. The average Bonchev–Trinajstić information content (AvgIpc) is 3.37. The van der Waals surface area contributed by atoms with Crippen LogP contribution in [0.2, 0.25) is 0 Å². The van der Waals surface area contributed by atoms with Gasteiger partial charge < -0.3 is 4.74 Å². The molecule has 41 heavy (non-hydrogen) atoms. The predicted molar refractivity (Wildman–Crippen MR) is 174 cm³/mol. The molecule has 7 rings (SSSR count). The predicted octanol–water partition coefficient (Wildman–Crippen LogP) is 11.4. The maximum absolute atomic E-state index is 6.11. The molecule has 1 aliphatic carbocycles. The van der Waals surface area contributed by atoms with Crippen LogP contribution in [-0.4, -0.2) is 6.61 Å². The van der Waals surface area contributed by atoms with Crippen LogP contribution in [0.3, 0.4) is 0 Å². The third-order valence-electron chi connectivity index (χ3n) is 8.35. The number of hydrogen-bond donors (Lipinski definition) is 0. The SMILES string of the molecule is CCCCCCOc1ccc(-c2cc(-c3ccccc3)c3c(c2-c2ccccc2)-c2cccc4cccc-3c24)cc1. The zero-order valence-corrected chi connectivity index (χ0v) is 23.6. The summed E-state index contributed by atoms with van der Waals surface area (Å²) >= 11 is 0. The molecule has 0 aliphatic heterocycles. The summed E-state index contributed by atoms with van der Waals surface area (Å²) < 4.78 is 6.11. The van der Waals surface area contributed by atoms with Crippen molar-refractivity contribution in [3.8, 4) is 61.4 Å². The van der Waals surface area contributed by atoms with Crippen molar-refractivity contribution in [3.05, 3.63) is 127 Å². The molecule has 200 valence electrons. The fourth-order valence-electron chi connectivity index (χ4n) is 6.42. The first-order valence-corrected chi connectivity index (χ1v) is 14.9. The molecule has 1 heteroatoms. The first kappa shape index (κ1) is 25.4. The highest BCUT2D eigenvalue weighted by Gasteiger charge is 2.29. The molecule has 0 unspecified atom stereocenters. The van der Waals surface area contributed by atoms with Gasteiger partial charge in [0.05, 0.1) is 6.61 Å². The molecule has 0 atom stereocenters. The first-order valence-electron chi connectivity index (χ1n) is 14.9. The van der Waals surface area contributed by atoms with Gasteiger partial charge in [-0.15, -0.1) is 0 Å². The van der Waals surface area contributed by atoms with E-state index in [1.54, 1.807) is 0 Å². The summed E-state index contributed by atoms with van der Waals surface area (Å²) in [7, 11) is 0. The van der Waals surface area contributed by atoms with Gasteiger partial charge in [0.15, 0.2) is 0 Å². The van der Waals surface area contributed by atoms with Crippen molar-refractivity contribution in [1.82, 2.24) is 0 Å². The molecule has 0 heterocycles. The van der Waals surface area contributed by atoms with Gasteiger partial charge in [-0.3, -0.25) is 0 Å². The second-order valence-electron chi connectivity index (χ2n) is 11.0. The zero-order chi connectivity index (χ0) is 27.6. The van der Waals surface area contributed by atoms with E-state index in [1.807, 2.05) is 0 Å². The lowest BCUT2D eigenvalue weighted by molar-refractivity contribution is 0.305. The monoisotopic (exact) mass is 530 g/mol. The standard InChI is InChI=1S/C40H34O/c1-2-3-4-11-26-41-32-24-22-29(23-25-32)35-27-36(28-14-7-5-8-15-28)39-33-20-12-18-30-19-13-21-34(37(30)33)40(39)38(35)31-16-9-6-10-17-31/h5-10,12-25,27H,2-4,11,26H2,1H3. The van der Waals surface area contributed by atoms with E-state index >= 15 is 0 Å². The van der Waals surface area contributed by atoms with Crippen molar-refractivity contribution in [2.24, 2.45) is 0 Å². The van der Waals surface area contributed by atoms with Crippen LogP contribution in [0, 0.1) is 0 Å². The summed E-state index contributed by atoms with van der Waals surface area (Å²) in [5, 5.41) is 2.64. The number of ether oxygens (including phenoxy) is 1. The Morgan fingerprint density at radius 1 is 0.463 bits per heavy atom. The summed E-state index contributed by atoms with van der Waals surface area (Å²) in [5.41, 5.74) is 12.8. The molecular formula is C40H34O. The largest absolute Gasteiger partial charge is 0.494 e. The Bertz CT molecular complexity index is 1810. The van der Waals surface area contributed by atoms with E-state index in [1.165, 1.54) is 85.7 Å². The van der Waals surface area contributed by atoms with Crippen LogP contribution in [0.1, 0.15) is 32.6 Å². The number of hydrogen-bond acceptors (Lipinski definition) is 1. The summed E-state index contributed by atoms with van der Waals surface area (Å²) in [5.74, 6) is 0.938. The lowest BCUT2D eigenvalue weighted by atomic mass is 9.82. The third-order valence-corrected chi connectivity index (χ3v) is 8.35. The van der Waals surface area contributed by atoms with E-state index in [9.17, 15) is 0 Å². The number of fused-ring (bicyclic) bond motifs is 3. The third kappa shape index (κ3) is 4.62. The minimum atomic E-state index is 0.772. The van der Waals surface area contributed by atoms with Crippen LogP contribution in [-0.2, 0) is 0 Å². The van der Waals surface area contributed by atoms with E-state index < -0.39 is 0 Å². The number of benzene rings is 6. The highest BCUT2D eigenvalue weighted by Crippen LogP contribution is 2.57. The molecule has 0 amide bonds. The first-order chi connectivity index (χ1) is 20.3. The van der Waals surface area contributed by atoms with Crippen molar-refractivity contribution in [2.75, 3.05) is 6.61 Å². The molecule has 6 aromatic carbocycles. The minimum absolute atomic E-state index is 0.772. The molecule has 0 saturated heterocycles. The molecule has 1 nitrogen and oxygen atoms in total. The van der Waals surface area contributed by atoms with Gasteiger partial charge in [-0.25, -0.2) is 0 Å². The molecule has 0 saturated carbocycles. The maximum Gasteiger partial charge on any atom is 0.119 e. The van der Waals surface area contributed by atoms with Gasteiger partial charge in [-0.2, -0.15) is 0 Å². The molecule has 0 aromatic heterocycles. The van der Waals surface area contributed by atoms with E-state index in [2.05, 4.69) is 134 Å². The van der Waals surface area contributed by atoms with E-state index in [4.69, 9.17) is 4.74 Å². The highest BCUT2D eigenvalue weighted by atomic mass is 16.5. The summed E-state index contributed by atoms with van der Waals surface area (Å²) in [6.45, 7) is 3.01. The Hall–Kier alpha value is -4.62. The van der Waals surface area contributed by atoms with E-state index in [0.29, 0.717) is 0 Å². The summed E-state index contributed by atoms with van der Waals surface area (Å²) in [6, 6.07) is 46.4. The van der Waals surface area contributed by atoms with Crippen molar-refractivity contribution in [2.45, 2.75) is 32.6 Å². The van der Waals surface area contributed by atoms with E-state index in [0.717, 1.165) is 18.8 Å². The molecular weight excluding hydrogens is 496 g/mol. The van der Waals surface area contributed by atoms with Crippen LogP contribution < -0.4 is 4.74 Å². The van der Waals surface area contributed by atoms with Crippen LogP contribution in [0.4, 0.5) is 0 Å². The van der Waals surface area contributed by atoms with Crippen LogP contribution >= 0.6 is 0 Å². The van der Waals surface area contributed by atoms with Crippen LogP contribution in [0.5, 0.6) is 5.75 Å². The molecule has 0 spiro atoms. The molecule has 1 aliphatic rings. The normalized spacial score (nSPS) is 11.5. The van der Waals surface area contributed by atoms with Gasteiger partial charge in [0.2, 0.25) is 0 Å². The quantitative estimate of drug-likeness (QED) is 0.169. The van der Waals surface area contributed by atoms with Gasteiger partial charge in [-0.1, -0.05) is 135 Å². The van der Waals surface area contributed by atoms with Gasteiger partial charge >= 0.3 is 0 Å². The van der Waals surface area contributed by atoms with E-state index in [-0.39, 0.29) is 0 Å². The summed E-state index contributed by atoms with van der Waals surface area (Å²) in [4.78, 5) is 0. The van der Waals surface area contributed by atoms with Gasteiger partial charge in [0.1, 0.15) is 5.75 Å². The number of rotatable bonds is 9. The molecule has 0 radical (unpaired) electrons. The molecule has 0 bridgehead atoms. The number of unbranched alkanes of at least 4 members (excludes halogenated alkanes) is 3. The van der Waals surface area contributed by atoms with Gasteiger partial charge in [-0.05, 0) is 91.0 Å². The Balaban J connectivity index is 1.45. The fraction of sp³-hybridized carbons (Fsp3) is 0.150. The average molecular weight is 531 g/mol. The fourth-order valence-corrected chi connectivity index (χ4v) is 6.42. The Kier molecular flexibility index (Phi) is 6.86. The smallest absolute Gasteiger partial charge is 0.119 e. The maximum atomic E-state index is 6.11. The topological polar surface area (TPSA) is 9.23 Å². The molecule has 6 aromatic rings. The second-order valence-corrected chi connectivity index (χ2v) is 11.0. The second kappa shape index (κ2) is 11.1. The zero-order valence-electron chi connectivity index (χ0n) is 23.6. The van der Waals surface area contributed by atoms with Crippen LogP contribution in [0.15, 0.2) is 127 Å². The lowest BCUT2D eigenvalue weighted by Crippen LogP contribution is -1.97. The summed E-state index contributed by atoms with van der Waals surface area (Å²) in [6.07, 6.45) is 4.83. The van der Waals surface area contributed by atoms with Gasteiger partial charge in [0.25, 0.3) is 0 Å². The van der Waals surface area contributed by atoms with Crippen molar-refractivity contribution in [1.29, 1.82) is 0 Å². The Morgan fingerprint density at radius 3 is 1.76 bits per heavy atom. The van der Waals surface area contributed by atoms with Crippen molar-refractivity contribution >= 4 is 10.8 Å². The minimum Gasteiger partial charge on any atom is -0.494 e. The van der Waals surface area contributed by atoms with Crippen molar-refractivity contribution in [3.63, 3.8) is 0 Å². The Labute approximate surface area is 243 Å². The highest BCUT2D eigenvalue weighted by molar-refractivity contribution is 6.22. The Morgan fingerprint density at radius 2 is 1.07 bits per heavy atom. The van der Waals surface area contributed by atoms with Crippen molar-refractivity contribution < 1.29 is 4.74 Å². The lowest BCUT2D eigenvalue weighted by Gasteiger charge is -2.21. The van der Waals surface area contributed by atoms with Gasteiger partial charge in [0, 0.05) is 0 Å².